The third-order valence-corrected chi connectivity index (χ3v) is 6.60. The highest BCUT2D eigenvalue weighted by atomic mass is 16.7. The molecule has 2 unspecified atom stereocenters. The zero-order chi connectivity index (χ0) is 29.3. The lowest BCUT2D eigenvalue weighted by molar-refractivity contribution is -1.09. The summed E-state index contributed by atoms with van der Waals surface area (Å²) in [5.41, 5.74) is 0.515. The van der Waals surface area contributed by atoms with Gasteiger partial charge < -0.3 is 33.2 Å². The first-order chi connectivity index (χ1) is 19.3. The molecule has 1 saturated heterocycles. The number of benzene rings is 2. The van der Waals surface area contributed by atoms with E-state index in [9.17, 15) is 9.59 Å². The van der Waals surface area contributed by atoms with E-state index >= 15 is 0 Å². The van der Waals surface area contributed by atoms with Gasteiger partial charge in [0.1, 0.15) is 13.1 Å². The zero-order valence-corrected chi connectivity index (χ0v) is 24.2. The average Bonchev–Trinajstić information content (AvgIpc) is 3.17. The molecule has 2 aromatic carbocycles. The number of ether oxygens (including phenoxy) is 7. The van der Waals surface area contributed by atoms with Crippen LogP contribution in [0, 0.1) is 0 Å². The maximum Gasteiger partial charge on any atom is 0.397 e. The number of hydrogen-bond donors (Lipinski definition) is 1. The van der Waals surface area contributed by atoms with Gasteiger partial charge in [0.05, 0.1) is 53.8 Å². The fraction of sp³-hybridized carbons (Fsp3) is 0.500. The van der Waals surface area contributed by atoms with Gasteiger partial charge in [0.2, 0.25) is 11.5 Å². The standard InChI is InChI=1S/C28H39N2O10/c1-8-11-30(40-28(32)19-15-22(35-4)26(38-7)23(16-19)36-5)12-9-10-24(29-17-30)39-27(31)18-13-20(33-2)25(37-6)21(14-18)34-3/h13-16,24,29H,8-12,17H2,1-7H3/q+1. The summed E-state index contributed by atoms with van der Waals surface area (Å²) in [5, 5.41) is 3.25. The summed E-state index contributed by atoms with van der Waals surface area (Å²) in [7, 11) is 8.90. The quantitative estimate of drug-likeness (QED) is 0.301. The number of carbonyl (C=O) groups is 2. The van der Waals surface area contributed by atoms with E-state index in [1.165, 1.54) is 54.8 Å². The first-order valence-corrected chi connectivity index (χ1v) is 12.9. The van der Waals surface area contributed by atoms with E-state index in [0.29, 0.717) is 60.4 Å². The van der Waals surface area contributed by atoms with Crippen LogP contribution in [-0.2, 0) is 9.57 Å². The lowest BCUT2D eigenvalue weighted by Gasteiger charge is -2.33. The van der Waals surface area contributed by atoms with E-state index in [0.717, 1.165) is 6.42 Å². The number of hydroxylamine groups is 3. The second kappa shape index (κ2) is 13.9. The molecule has 1 aliphatic heterocycles. The summed E-state index contributed by atoms with van der Waals surface area (Å²) >= 11 is 0. The Morgan fingerprint density at radius 1 is 0.775 bits per heavy atom. The van der Waals surface area contributed by atoms with Crippen molar-refractivity contribution in [1.82, 2.24) is 5.32 Å². The van der Waals surface area contributed by atoms with Crippen LogP contribution in [0.5, 0.6) is 34.5 Å². The van der Waals surface area contributed by atoms with Crippen molar-refractivity contribution in [3.8, 4) is 34.5 Å². The van der Waals surface area contributed by atoms with Gasteiger partial charge in [-0.15, -0.1) is 4.65 Å². The normalized spacial score (nSPS) is 18.6. The van der Waals surface area contributed by atoms with Crippen LogP contribution in [0.1, 0.15) is 46.9 Å². The molecule has 2 aromatic rings. The summed E-state index contributed by atoms with van der Waals surface area (Å²) in [6, 6.07) is 6.19. The predicted octanol–water partition coefficient (Wildman–Crippen LogP) is 3.56. The van der Waals surface area contributed by atoms with Crippen LogP contribution in [0.15, 0.2) is 24.3 Å². The van der Waals surface area contributed by atoms with Gasteiger partial charge in [-0.3, -0.25) is 4.84 Å². The Morgan fingerprint density at radius 3 is 1.68 bits per heavy atom. The van der Waals surface area contributed by atoms with Crippen molar-refractivity contribution in [1.29, 1.82) is 0 Å². The number of carbonyl (C=O) groups excluding carboxylic acids is 2. The molecule has 12 heteroatoms. The number of nitrogens with zero attached hydrogens (tertiary/aromatic N) is 1. The van der Waals surface area contributed by atoms with E-state index < -0.39 is 18.2 Å². The highest BCUT2D eigenvalue weighted by Crippen LogP contribution is 2.39. The highest BCUT2D eigenvalue weighted by Gasteiger charge is 2.37. The molecule has 0 saturated carbocycles. The van der Waals surface area contributed by atoms with E-state index in [-0.39, 0.29) is 22.4 Å². The number of nitrogens with one attached hydrogen (secondary N) is 1. The molecule has 1 aliphatic rings. The second-order valence-electron chi connectivity index (χ2n) is 9.11. The maximum atomic E-state index is 13.3. The molecule has 0 bridgehead atoms. The van der Waals surface area contributed by atoms with Crippen molar-refractivity contribution < 1.29 is 52.2 Å². The minimum Gasteiger partial charge on any atom is -0.493 e. The first kappa shape index (κ1) is 30.6. The van der Waals surface area contributed by atoms with E-state index in [1.807, 2.05) is 6.92 Å². The van der Waals surface area contributed by atoms with Crippen molar-refractivity contribution in [2.45, 2.75) is 32.4 Å². The van der Waals surface area contributed by atoms with Gasteiger partial charge in [0.15, 0.2) is 35.9 Å². The molecule has 3 rings (SSSR count). The number of quaternary nitrogens is 1. The van der Waals surface area contributed by atoms with Gasteiger partial charge in [-0.25, -0.2) is 14.9 Å². The fourth-order valence-corrected chi connectivity index (χ4v) is 4.66. The van der Waals surface area contributed by atoms with Gasteiger partial charge in [-0.05, 0) is 30.7 Å². The molecule has 1 N–H and O–H groups in total. The van der Waals surface area contributed by atoms with Gasteiger partial charge >= 0.3 is 11.9 Å². The topological polar surface area (TPSA) is 120 Å². The Bertz CT molecular complexity index is 1140. The largest absolute Gasteiger partial charge is 0.493 e. The average molecular weight is 564 g/mol. The Morgan fingerprint density at radius 2 is 1.25 bits per heavy atom. The summed E-state index contributed by atoms with van der Waals surface area (Å²) in [6.45, 7) is 3.36. The molecule has 0 radical (unpaired) electrons. The predicted molar refractivity (Wildman–Crippen MR) is 144 cm³/mol. The smallest absolute Gasteiger partial charge is 0.397 e. The number of esters is 1. The van der Waals surface area contributed by atoms with Crippen LogP contribution >= 0.6 is 0 Å². The van der Waals surface area contributed by atoms with Crippen LogP contribution in [0.3, 0.4) is 0 Å². The highest BCUT2D eigenvalue weighted by molar-refractivity contribution is 5.91. The summed E-state index contributed by atoms with van der Waals surface area (Å²) in [4.78, 5) is 32.4. The van der Waals surface area contributed by atoms with Crippen molar-refractivity contribution >= 4 is 11.9 Å². The van der Waals surface area contributed by atoms with Crippen LogP contribution < -0.4 is 33.7 Å². The van der Waals surface area contributed by atoms with E-state index in [1.54, 1.807) is 12.1 Å². The molecular weight excluding hydrogens is 524 g/mol. The molecule has 220 valence electrons. The monoisotopic (exact) mass is 563 g/mol. The third-order valence-electron chi connectivity index (χ3n) is 6.60. The van der Waals surface area contributed by atoms with Gasteiger partial charge in [0.25, 0.3) is 0 Å². The number of rotatable bonds is 12. The minimum atomic E-state index is -0.594. The molecule has 0 aromatic heterocycles. The molecule has 0 aliphatic carbocycles. The molecular formula is C28H39N2O10+. The van der Waals surface area contributed by atoms with Crippen LogP contribution in [-0.4, -0.2) is 85.2 Å². The molecule has 0 amide bonds. The molecule has 0 spiro atoms. The molecule has 12 nitrogen and oxygen atoms in total. The van der Waals surface area contributed by atoms with Crippen molar-refractivity contribution in [3.05, 3.63) is 35.4 Å². The van der Waals surface area contributed by atoms with E-state index in [4.69, 9.17) is 38.0 Å². The van der Waals surface area contributed by atoms with Crippen molar-refractivity contribution in [2.24, 2.45) is 0 Å². The molecule has 2 atom stereocenters. The lowest BCUT2D eigenvalue weighted by atomic mass is 10.2. The number of methoxy groups -OCH3 is 6. The van der Waals surface area contributed by atoms with Crippen LogP contribution in [0.2, 0.25) is 0 Å². The summed E-state index contributed by atoms with van der Waals surface area (Å²) in [6.07, 6.45) is 1.34. The van der Waals surface area contributed by atoms with Gasteiger partial charge in [-0.2, -0.15) is 0 Å². The Kier molecular flexibility index (Phi) is 10.7. The molecule has 1 heterocycles. The zero-order valence-electron chi connectivity index (χ0n) is 24.2. The van der Waals surface area contributed by atoms with E-state index in [2.05, 4.69) is 5.32 Å². The molecule has 1 fully saturated rings. The minimum absolute atomic E-state index is 0.0181. The van der Waals surface area contributed by atoms with Gasteiger partial charge in [-0.1, -0.05) is 6.92 Å². The Balaban J connectivity index is 1.76. The SMILES string of the molecule is CCC[N+]1(OC(=O)c2cc(OC)c(OC)c(OC)c2)CCCC(OC(=O)c2cc(OC)c(OC)c(OC)c2)NC1. The van der Waals surface area contributed by atoms with Crippen LogP contribution in [0.4, 0.5) is 0 Å². The Labute approximate surface area is 234 Å². The summed E-state index contributed by atoms with van der Waals surface area (Å²) < 4.78 is 37.9. The van der Waals surface area contributed by atoms with Gasteiger partial charge in [0, 0.05) is 12.8 Å². The third kappa shape index (κ3) is 6.80. The van der Waals surface area contributed by atoms with Crippen LogP contribution in [0.25, 0.3) is 0 Å². The maximum absolute atomic E-state index is 13.3. The van der Waals surface area contributed by atoms with Crippen molar-refractivity contribution in [2.75, 3.05) is 62.4 Å². The summed E-state index contributed by atoms with van der Waals surface area (Å²) in [5.74, 6) is 1.06. The lowest BCUT2D eigenvalue weighted by Crippen LogP contribution is -2.55. The first-order valence-electron chi connectivity index (χ1n) is 12.9. The number of hydrogen-bond acceptors (Lipinski definition) is 11. The Hall–Kier alpha value is -3.90. The fourth-order valence-electron chi connectivity index (χ4n) is 4.66. The molecule has 40 heavy (non-hydrogen) atoms. The second-order valence-corrected chi connectivity index (χ2v) is 9.11. The van der Waals surface area contributed by atoms with Crippen molar-refractivity contribution in [3.63, 3.8) is 0 Å².